The molecule has 9 heteroatoms. The SMILES string of the molecule is CCOC(=O)N1CCN(C(=O)COC(=O)c2c(C)nn(Cc3ccccc3)c2C)CC1. The van der Waals surface area contributed by atoms with Gasteiger partial charge in [0.2, 0.25) is 0 Å². The molecule has 0 spiro atoms. The summed E-state index contributed by atoms with van der Waals surface area (Å²) in [6, 6.07) is 9.84. The van der Waals surface area contributed by atoms with E-state index >= 15 is 0 Å². The van der Waals surface area contributed by atoms with E-state index in [9.17, 15) is 14.4 Å². The second-order valence-electron chi connectivity index (χ2n) is 7.33. The topological polar surface area (TPSA) is 94.0 Å². The van der Waals surface area contributed by atoms with Gasteiger partial charge in [0.1, 0.15) is 5.56 Å². The highest BCUT2D eigenvalue weighted by Gasteiger charge is 2.26. The zero-order chi connectivity index (χ0) is 22.4. The molecule has 1 saturated heterocycles. The number of carbonyl (C=O) groups excluding carboxylic acids is 3. The number of carbonyl (C=O) groups is 3. The minimum absolute atomic E-state index is 0.288. The third-order valence-corrected chi connectivity index (χ3v) is 5.25. The second-order valence-corrected chi connectivity index (χ2v) is 7.33. The lowest BCUT2D eigenvalue weighted by Gasteiger charge is -2.33. The number of benzene rings is 1. The van der Waals surface area contributed by atoms with Crippen molar-refractivity contribution in [3.63, 3.8) is 0 Å². The molecule has 31 heavy (non-hydrogen) atoms. The van der Waals surface area contributed by atoms with Crippen LogP contribution >= 0.6 is 0 Å². The number of aryl methyl sites for hydroxylation is 1. The lowest BCUT2D eigenvalue weighted by molar-refractivity contribution is -0.136. The molecule has 0 bridgehead atoms. The molecule has 0 atom stereocenters. The van der Waals surface area contributed by atoms with Crippen LogP contribution < -0.4 is 0 Å². The number of nitrogens with zero attached hydrogens (tertiary/aromatic N) is 4. The summed E-state index contributed by atoms with van der Waals surface area (Å²) in [5.41, 5.74) is 2.72. The summed E-state index contributed by atoms with van der Waals surface area (Å²) in [6.07, 6.45) is -0.375. The first-order valence-electron chi connectivity index (χ1n) is 10.3. The van der Waals surface area contributed by atoms with Gasteiger partial charge >= 0.3 is 12.1 Å². The van der Waals surface area contributed by atoms with Crippen molar-refractivity contribution in [3.05, 3.63) is 52.8 Å². The minimum atomic E-state index is -0.562. The zero-order valence-corrected chi connectivity index (χ0v) is 18.2. The number of amides is 2. The molecule has 3 rings (SSSR count). The van der Waals surface area contributed by atoms with Crippen LogP contribution in [0.25, 0.3) is 0 Å². The van der Waals surface area contributed by atoms with Gasteiger partial charge in [0.05, 0.1) is 24.5 Å². The van der Waals surface area contributed by atoms with Crippen LogP contribution in [0.1, 0.15) is 34.2 Å². The van der Waals surface area contributed by atoms with Crippen LogP contribution in [-0.4, -0.2) is 76.9 Å². The largest absolute Gasteiger partial charge is 0.452 e. The average molecular weight is 428 g/mol. The maximum absolute atomic E-state index is 12.6. The number of rotatable bonds is 6. The molecular formula is C22H28N4O5. The standard InChI is InChI=1S/C22H28N4O5/c1-4-30-22(29)25-12-10-24(11-13-25)19(27)15-31-21(28)20-16(2)23-26(17(20)3)14-18-8-6-5-7-9-18/h5-9H,4,10-15H2,1-3H3. The van der Waals surface area contributed by atoms with E-state index in [0.717, 1.165) is 5.56 Å². The third-order valence-electron chi connectivity index (χ3n) is 5.25. The van der Waals surface area contributed by atoms with Gasteiger partial charge < -0.3 is 19.3 Å². The van der Waals surface area contributed by atoms with Crippen LogP contribution in [0.4, 0.5) is 4.79 Å². The summed E-state index contributed by atoms with van der Waals surface area (Å²) in [4.78, 5) is 40.0. The molecule has 1 aromatic carbocycles. The summed E-state index contributed by atoms with van der Waals surface area (Å²) in [5, 5.41) is 4.45. The summed E-state index contributed by atoms with van der Waals surface area (Å²) in [5.74, 6) is -0.850. The van der Waals surface area contributed by atoms with E-state index in [1.807, 2.05) is 37.3 Å². The van der Waals surface area contributed by atoms with E-state index in [1.165, 1.54) is 0 Å². The Hall–Kier alpha value is -3.36. The number of ether oxygens (including phenoxy) is 2. The Morgan fingerprint density at radius 1 is 0.968 bits per heavy atom. The van der Waals surface area contributed by atoms with Gasteiger partial charge in [-0.3, -0.25) is 9.48 Å². The van der Waals surface area contributed by atoms with Gasteiger partial charge in [0.25, 0.3) is 5.91 Å². The van der Waals surface area contributed by atoms with Crippen molar-refractivity contribution < 1.29 is 23.9 Å². The molecule has 2 aromatic rings. The quantitative estimate of drug-likeness (QED) is 0.654. The maximum Gasteiger partial charge on any atom is 0.409 e. The van der Waals surface area contributed by atoms with Crippen molar-refractivity contribution in [3.8, 4) is 0 Å². The molecule has 0 N–H and O–H groups in total. The minimum Gasteiger partial charge on any atom is -0.452 e. The van der Waals surface area contributed by atoms with Crippen molar-refractivity contribution in [1.82, 2.24) is 19.6 Å². The number of hydrogen-bond acceptors (Lipinski definition) is 6. The molecule has 0 saturated carbocycles. The Morgan fingerprint density at radius 2 is 1.61 bits per heavy atom. The normalized spacial score (nSPS) is 13.8. The van der Waals surface area contributed by atoms with E-state index in [-0.39, 0.29) is 18.6 Å². The first-order valence-corrected chi connectivity index (χ1v) is 10.3. The molecule has 2 heterocycles. The van der Waals surface area contributed by atoms with Crippen LogP contribution in [0.5, 0.6) is 0 Å². The van der Waals surface area contributed by atoms with Crippen LogP contribution in [0.3, 0.4) is 0 Å². The average Bonchev–Trinajstić information content (AvgIpc) is 3.05. The lowest BCUT2D eigenvalue weighted by atomic mass is 10.2. The van der Waals surface area contributed by atoms with Crippen molar-refractivity contribution in [2.45, 2.75) is 27.3 Å². The fraction of sp³-hybridized carbons (Fsp3) is 0.455. The van der Waals surface area contributed by atoms with Gasteiger partial charge in [-0.2, -0.15) is 5.10 Å². The first-order chi connectivity index (χ1) is 14.9. The Kier molecular flexibility index (Phi) is 7.28. The highest BCUT2D eigenvalue weighted by molar-refractivity contribution is 5.93. The molecule has 2 amide bonds. The van der Waals surface area contributed by atoms with Crippen molar-refractivity contribution in [2.75, 3.05) is 39.4 Å². The number of piperazine rings is 1. The molecular weight excluding hydrogens is 400 g/mol. The molecule has 1 aromatic heterocycles. The molecule has 9 nitrogen and oxygen atoms in total. The molecule has 0 radical (unpaired) electrons. The predicted octanol–water partition coefficient (Wildman–Crippen LogP) is 2.01. The fourth-order valence-corrected chi connectivity index (χ4v) is 3.55. The van der Waals surface area contributed by atoms with Crippen LogP contribution in [0, 0.1) is 13.8 Å². The molecule has 1 fully saturated rings. The Labute approximate surface area is 181 Å². The van der Waals surface area contributed by atoms with E-state index in [1.54, 1.807) is 28.3 Å². The van der Waals surface area contributed by atoms with Gasteiger partial charge in [-0.1, -0.05) is 30.3 Å². The van der Waals surface area contributed by atoms with Gasteiger partial charge in [0, 0.05) is 26.2 Å². The number of hydrogen-bond donors (Lipinski definition) is 0. The van der Waals surface area contributed by atoms with Gasteiger partial charge in [0.15, 0.2) is 6.61 Å². The number of aromatic nitrogens is 2. The monoisotopic (exact) mass is 428 g/mol. The van der Waals surface area contributed by atoms with Crippen molar-refractivity contribution in [2.24, 2.45) is 0 Å². The van der Waals surface area contributed by atoms with E-state index < -0.39 is 5.97 Å². The van der Waals surface area contributed by atoms with Gasteiger partial charge in [-0.05, 0) is 26.3 Å². The van der Waals surface area contributed by atoms with Crippen molar-refractivity contribution >= 4 is 18.0 Å². The van der Waals surface area contributed by atoms with Crippen molar-refractivity contribution in [1.29, 1.82) is 0 Å². The molecule has 166 valence electrons. The Morgan fingerprint density at radius 3 is 2.26 bits per heavy atom. The predicted molar refractivity (Wildman–Crippen MR) is 113 cm³/mol. The fourth-order valence-electron chi connectivity index (χ4n) is 3.55. The first kappa shape index (κ1) is 22.3. The van der Waals surface area contributed by atoms with Gasteiger partial charge in [-0.15, -0.1) is 0 Å². The molecule has 1 aliphatic rings. The number of esters is 1. The Bertz CT molecular complexity index is 933. The smallest absolute Gasteiger partial charge is 0.409 e. The third kappa shape index (κ3) is 5.42. The highest BCUT2D eigenvalue weighted by Crippen LogP contribution is 2.16. The lowest BCUT2D eigenvalue weighted by Crippen LogP contribution is -2.51. The summed E-state index contributed by atoms with van der Waals surface area (Å²) in [6.45, 7) is 7.37. The highest BCUT2D eigenvalue weighted by atomic mass is 16.6. The van der Waals surface area contributed by atoms with Gasteiger partial charge in [-0.25, -0.2) is 9.59 Å². The summed E-state index contributed by atoms with van der Waals surface area (Å²) >= 11 is 0. The zero-order valence-electron chi connectivity index (χ0n) is 18.2. The molecule has 1 aliphatic heterocycles. The van der Waals surface area contributed by atoms with E-state index in [0.29, 0.717) is 56.3 Å². The van der Waals surface area contributed by atoms with E-state index in [4.69, 9.17) is 9.47 Å². The Balaban J connectivity index is 1.54. The summed E-state index contributed by atoms with van der Waals surface area (Å²) < 4.78 is 12.0. The second kappa shape index (κ2) is 10.1. The summed E-state index contributed by atoms with van der Waals surface area (Å²) in [7, 11) is 0. The molecule has 0 aliphatic carbocycles. The van der Waals surface area contributed by atoms with Crippen LogP contribution in [0.15, 0.2) is 30.3 Å². The van der Waals surface area contributed by atoms with Crippen LogP contribution in [0.2, 0.25) is 0 Å². The van der Waals surface area contributed by atoms with E-state index in [2.05, 4.69) is 5.10 Å². The molecule has 0 unspecified atom stereocenters. The maximum atomic E-state index is 12.6. The van der Waals surface area contributed by atoms with Crippen LogP contribution in [-0.2, 0) is 20.8 Å².